The molecule has 2 aromatic heterocycles. The molecule has 8 nitrogen and oxygen atoms in total. The van der Waals surface area contributed by atoms with Crippen molar-refractivity contribution in [1.82, 2.24) is 20.3 Å². The lowest BCUT2D eigenvalue weighted by atomic mass is 10.1. The standard InChI is InChI=1S/C14H9F3N4O4/c1-7-18-10(24-20-7)6-23-12(22)9-4-2-8(3-5-9)11-19-13(25-21-11)14(15,16)17/h2-5H,6H2,1H3. The number of aromatic nitrogens is 4. The fourth-order valence-electron chi connectivity index (χ4n) is 1.82. The molecule has 0 bridgehead atoms. The number of aryl methyl sites for hydroxylation is 1. The Labute approximate surface area is 137 Å². The highest BCUT2D eigenvalue weighted by Gasteiger charge is 2.38. The van der Waals surface area contributed by atoms with Crippen molar-refractivity contribution in [3.8, 4) is 11.4 Å². The van der Waals surface area contributed by atoms with E-state index in [1.165, 1.54) is 24.3 Å². The Morgan fingerprint density at radius 3 is 2.40 bits per heavy atom. The third kappa shape index (κ3) is 3.82. The van der Waals surface area contributed by atoms with Crippen LogP contribution in [0.4, 0.5) is 13.2 Å². The molecule has 3 rings (SSSR count). The minimum absolute atomic E-state index is 0.147. The SMILES string of the molecule is Cc1noc(COC(=O)c2ccc(-c3noc(C(F)(F)F)n3)cc2)n1. The second kappa shape index (κ2) is 6.34. The second-order valence-corrected chi connectivity index (χ2v) is 4.81. The number of alkyl halides is 3. The van der Waals surface area contributed by atoms with Crippen molar-refractivity contribution < 1.29 is 31.7 Å². The highest BCUT2D eigenvalue weighted by Crippen LogP contribution is 2.29. The van der Waals surface area contributed by atoms with Crippen molar-refractivity contribution >= 4 is 5.97 Å². The molecule has 130 valence electrons. The first-order valence-corrected chi connectivity index (χ1v) is 6.80. The summed E-state index contributed by atoms with van der Waals surface area (Å²) >= 11 is 0. The van der Waals surface area contributed by atoms with E-state index in [-0.39, 0.29) is 29.4 Å². The minimum Gasteiger partial charge on any atom is -0.452 e. The zero-order chi connectivity index (χ0) is 18.0. The van der Waals surface area contributed by atoms with Crippen LogP contribution in [0.25, 0.3) is 11.4 Å². The lowest BCUT2D eigenvalue weighted by Gasteiger charge is -2.02. The maximum atomic E-state index is 12.4. The Morgan fingerprint density at radius 2 is 1.84 bits per heavy atom. The Morgan fingerprint density at radius 1 is 1.12 bits per heavy atom. The van der Waals surface area contributed by atoms with Crippen LogP contribution in [-0.2, 0) is 17.5 Å². The summed E-state index contributed by atoms with van der Waals surface area (Å²) in [6.45, 7) is 1.43. The van der Waals surface area contributed by atoms with Crippen LogP contribution in [0, 0.1) is 6.92 Å². The van der Waals surface area contributed by atoms with Crippen molar-refractivity contribution in [2.75, 3.05) is 0 Å². The first-order chi connectivity index (χ1) is 11.8. The smallest absolute Gasteiger partial charge is 0.452 e. The quantitative estimate of drug-likeness (QED) is 0.659. The zero-order valence-electron chi connectivity index (χ0n) is 12.6. The number of halogens is 3. The van der Waals surface area contributed by atoms with E-state index in [1.54, 1.807) is 6.92 Å². The van der Waals surface area contributed by atoms with Crippen LogP contribution in [0.2, 0.25) is 0 Å². The predicted octanol–water partition coefficient (Wildman–Crippen LogP) is 2.80. The van der Waals surface area contributed by atoms with Gasteiger partial charge in [0, 0.05) is 5.56 Å². The average Bonchev–Trinajstić information content (AvgIpc) is 3.21. The zero-order valence-corrected chi connectivity index (χ0v) is 12.6. The number of nitrogens with zero attached hydrogens (tertiary/aromatic N) is 4. The van der Waals surface area contributed by atoms with E-state index in [1.807, 2.05) is 0 Å². The topological polar surface area (TPSA) is 104 Å². The number of benzene rings is 1. The third-order valence-electron chi connectivity index (χ3n) is 2.94. The van der Waals surface area contributed by atoms with Crippen LogP contribution in [0.15, 0.2) is 33.3 Å². The lowest BCUT2D eigenvalue weighted by molar-refractivity contribution is -0.159. The van der Waals surface area contributed by atoms with E-state index in [2.05, 4.69) is 24.8 Å². The molecule has 2 heterocycles. The van der Waals surface area contributed by atoms with Crippen LogP contribution in [0.1, 0.15) is 28.0 Å². The number of carbonyl (C=O) groups is 1. The van der Waals surface area contributed by atoms with Gasteiger partial charge in [-0.1, -0.05) is 22.4 Å². The van der Waals surface area contributed by atoms with Gasteiger partial charge in [0.05, 0.1) is 5.56 Å². The van der Waals surface area contributed by atoms with Gasteiger partial charge in [0.1, 0.15) is 0 Å². The molecule has 0 saturated heterocycles. The van der Waals surface area contributed by atoms with Gasteiger partial charge in [-0.25, -0.2) is 4.79 Å². The molecule has 0 atom stereocenters. The molecule has 0 amide bonds. The minimum atomic E-state index is -4.72. The molecule has 0 aliphatic rings. The van der Waals surface area contributed by atoms with Crippen LogP contribution >= 0.6 is 0 Å². The van der Waals surface area contributed by atoms with Crippen molar-refractivity contribution in [2.45, 2.75) is 19.7 Å². The van der Waals surface area contributed by atoms with Gasteiger partial charge in [0.15, 0.2) is 12.4 Å². The van der Waals surface area contributed by atoms with Crippen molar-refractivity contribution in [3.05, 3.63) is 47.4 Å². The van der Waals surface area contributed by atoms with Crippen molar-refractivity contribution in [2.24, 2.45) is 0 Å². The highest BCUT2D eigenvalue weighted by atomic mass is 19.4. The molecule has 3 aromatic rings. The maximum Gasteiger partial charge on any atom is 0.471 e. The summed E-state index contributed by atoms with van der Waals surface area (Å²) in [7, 11) is 0. The lowest BCUT2D eigenvalue weighted by Crippen LogP contribution is -2.05. The van der Waals surface area contributed by atoms with E-state index in [0.717, 1.165) is 0 Å². The Kier molecular flexibility index (Phi) is 4.21. The maximum absolute atomic E-state index is 12.4. The summed E-state index contributed by atoms with van der Waals surface area (Å²) in [6.07, 6.45) is -4.72. The van der Waals surface area contributed by atoms with Crippen LogP contribution in [0.5, 0.6) is 0 Å². The molecule has 0 aliphatic carbocycles. The summed E-state index contributed by atoms with van der Waals surface area (Å²) in [6, 6.07) is 5.47. The van der Waals surface area contributed by atoms with Gasteiger partial charge in [-0.05, 0) is 19.1 Å². The second-order valence-electron chi connectivity index (χ2n) is 4.81. The molecule has 1 aromatic carbocycles. The molecular weight excluding hydrogens is 345 g/mol. The summed E-state index contributed by atoms with van der Waals surface area (Å²) in [5.41, 5.74) is 0.433. The van der Waals surface area contributed by atoms with Crippen LogP contribution < -0.4 is 0 Å². The molecule has 0 fully saturated rings. The number of rotatable bonds is 4. The van der Waals surface area contributed by atoms with Gasteiger partial charge in [-0.3, -0.25) is 0 Å². The Hall–Kier alpha value is -3.24. The summed E-state index contributed by atoms with van der Waals surface area (Å²) in [5, 5.41) is 6.81. The van der Waals surface area contributed by atoms with Gasteiger partial charge in [0.2, 0.25) is 5.82 Å². The Bertz CT molecular complexity index is 886. The fourth-order valence-corrected chi connectivity index (χ4v) is 1.82. The molecule has 25 heavy (non-hydrogen) atoms. The molecule has 11 heteroatoms. The molecule has 0 saturated carbocycles. The van der Waals surface area contributed by atoms with Gasteiger partial charge >= 0.3 is 18.0 Å². The summed E-state index contributed by atoms with van der Waals surface area (Å²) in [5.74, 6) is -1.79. The molecule has 0 unspecified atom stereocenters. The van der Waals surface area contributed by atoms with E-state index in [4.69, 9.17) is 9.26 Å². The van der Waals surface area contributed by atoms with Gasteiger partial charge < -0.3 is 13.8 Å². The average molecular weight is 354 g/mol. The van der Waals surface area contributed by atoms with Crippen LogP contribution in [-0.4, -0.2) is 26.3 Å². The molecule has 0 radical (unpaired) electrons. The molecular formula is C14H9F3N4O4. The molecule has 0 spiro atoms. The number of carbonyl (C=O) groups excluding carboxylic acids is 1. The van der Waals surface area contributed by atoms with Crippen LogP contribution in [0.3, 0.4) is 0 Å². The predicted molar refractivity (Wildman–Crippen MR) is 72.9 cm³/mol. The number of ether oxygens (including phenoxy) is 1. The van der Waals surface area contributed by atoms with Crippen molar-refractivity contribution in [1.29, 1.82) is 0 Å². The normalized spacial score (nSPS) is 11.5. The highest BCUT2D eigenvalue weighted by molar-refractivity contribution is 5.89. The first kappa shape index (κ1) is 16.6. The molecule has 0 aliphatic heterocycles. The van der Waals surface area contributed by atoms with E-state index < -0.39 is 18.0 Å². The first-order valence-electron chi connectivity index (χ1n) is 6.80. The van der Waals surface area contributed by atoms with E-state index in [9.17, 15) is 18.0 Å². The Balaban J connectivity index is 1.67. The fraction of sp³-hybridized carbons (Fsp3) is 0.214. The van der Waals surface area contributed by atoms with Gasteiger partial charge in [-0.15, -0.1) is 0 Å². The van der Waals surface area contributed by atoms with Gasteiger partial charge in [-0.2, -0.15) is 23.1 Å². The summed E-state index contributed by atoms with van der Waals surface area (Å²) < 4.78 is 51.3. The number of hydrogen-bond donors (Lipinski definition) is 0. The molecule has 0 N–H and O–H groups in total. The third-order valence-corrected chi connectivity index (χ3v) is 2.94. The van der Waals surface area contributed by atoms with Gasteiger partial charge in [0.25, 0.3) is 5.89 Å². The van der Waals surface area contributed by atoms with Crippen molar-refractivity contribution in [3.63, 3.8) is 0 Å². The number of hydrogen-bond acceptors (Lipinski definition) is 8. The summed E-state index contributed by atoms with van der Waals surface area (Å²) in [4.78, 5) is 19.0. The van der Waals surface area contributed by atoms with E-state index >= 15 is 0 Å². The monoisotopic (exact) mass is 354 g/mol. The number of esters is 1. The largest absolute Gasteiger partial charge is 0.471 e. The van der Waals surface area contributed by atoms with E-state index in [0.29, 0.717) is 5.82 Å².